The van der Waals surface area contributed by atoms with Crippen LogP contribution in [0.4, 0.5) is 0 Å². The highest BCUT2D eigenvalue weighted by molar-refractivity contribution is 14.1. The molecule has 1 atom stereocenters. The number of halogens is 2. The van der Waals surface area contributed by atoms with E-state index in [-0.39, 0.29) is 5.78 Å². The topological polar surface area (TPSA) is 102 Å². The van der Waals surface area contributed by atoms with Gasteiger partial charge in [0, 0.05) is 28.3 Å². The first kappa shape index (κ1) is 22.8. The number of methoxy groups -OCH3 is 1. The molecule has 1 aliphatic carbocycles. The van der Waals surface area contributed by atoms with Crippen molar-refractivity contribution in [2.24, 2.45) is 0 Å². The van der Waals surface area contributed by atoms with Crippen LogP contribution in [-0.4, -0.2) is 36.5 Å². The first-order valence-electron chi connectivity index (χ1n) is 9.52. The third kappa shape index (κ3) is 3.81. The molecule has 0 amide bonds. The molecular weight excluding hydrogens is 640 g/mol. The molecular formula is C23H17I2NO6. The Kier molecular flexibility index (Phi) is 6.30. The highest BCUT2D eigenvalue weighted by Crippen LogP contribution is 2.47. The van der Waals surface area contributed by atoms with Crippen LogP contribution in [0.25, 0.3) is 5.70 Å². The van der Waals surface area contributed by atoms with Crippen LogP contribution in [0, 0.1) is 7.14 Å². The Morgan fingerprint density at radius 3 is 2.34 bits per heavy atom. The van der Waals surface area contributed by atoms with E-state index in [1.54, 1.807) is 13.0 Å². The summed E-state index contributed by atoms with van der Waals surface area (Å²) in [5.74, 6) is -1.93. The highest BCUT2D eigenvalue weighted by Gasteiger charge is 2.43. The fourth-order valence-electron chi connectivity index (χ4n) is 4.06. The van der Waals surface area contributed by atoms with E-state index in [1.807, 2.05) is 30.3 Å². The number of carboxylic acids is 1. The molecule has 4 rings (SSSR count). The van der Waals surface area contributed by atoms with Crippen molar-refractivity contribution >= 4 is 68.6 Å². The number of rotatable bonds is 5. The second-order valence-corrected chi connectivity index (χ2v) is 9.57. The van der Waals surface area contributed by atoms with Crippen molar-refractivity contribution < 1.29 is 29.0 Å². The van der Waals surface area contributed by atoms with Gasteiger partial charge in [0.15, 0.2) is 12.4 Å². The summed E-state index contributed by atoms with van der Waals surface area (Å²) in [7, 11) is 1.31. The number of carbonyl (C=O) groups excluding carboxylic acids is 2. The minimum absolute atomic E-state index is 0.141. The maximum atomic E-state index is 13.4. The molecule has 0 radical (unpaired) electrons. The van der Waals surface area contributed by atoms with Crippen molar-refractivity contribution in [1.29, 1.82) is 0 Å². The number of carboxylic acid groups (broad SMARTS) is 1. The Morgan fingerprint density at radius 2 is 1.75 bits per heavy atom. The van der Waals surface area contributed by atoms with Crippen molar-refractivity contribution in [3.05, 3.63) is 77.1 Å². The number of carbonyl (C=O) groups is 3. The summed E-state index contributed by atoms with van der Waals surface area (Å²) in [5, 5.41) is 12.2. The van der Waals surface area contributed by atoms with Gasteiger partial charge in [0.25, 0.3) is 0 Å². The first-order chi connectivity index (χ1) is 15.2. The molecule has 0 spiro atoms. The van der Waals surface area contributed by atoms with Crippen molar-refractivity contribution in [3.63, 3.8) is 0 Å². The van der Waals surface area contributed by atoms with Crippen LogP contribution in [0.2, 0.25) is 0 Å². The van der Waals surface area contributed by atoms with E-state index in [9.17, 15) is 14.4 Å². The fraction of sp³-hybridized carbons (Fsp3) is 0.174. The fourth-order valence-corrected chi connectivity index (χ4v) is 6.19. The Hall–Kier alpha value is -2.41. The van der Waals surface area contributed by atoms with Gasteiger partial charge in [-0.3, -0.25) is 4.79 Å². The zero-order valence-corrected chi connectivity index (χ0v) is 21.3. The molecule has 0 fully saturated rings. The van der Waals surface area contributed by atoms with E-state index in [4.69, 9.17) is 14.6 Å². The predicted octanol–water partition coefficient (Wildman–Crippen LogP) is 4.10. The van der Waals surface area contributed by atoms with Gasteiger partial charge in [-0.2, -0.15) is 0 Å². The standard InChI is InChI=1S/C23H17I2NO6/c1-10-17(23(30)31-2)18(11-7-14(24)22(15(25)8-11)32-9-16(27)28)19-20(26-10)12-5-3-4-6-13(12)21(19)29/h3-8,18,26H,9H2,1-2H3,(H,27,28)/t18-/m1/s1. The molecule has 0 unspecified atom stereocenters. The minimum Gasteiger partial charge on any atom is -0.480 e. The summed E-state index contributed by atoms with van der Waals surface area (Å²) in [6.07, 6.45) is 0. The Morgan fingerprint density at radius 1 is 1.12 bits per heavy atom. The largest absolute Gasteiger partial charge is 0.480 e. The van der Waals surface area contributed by atoms with Gasteiger partial charge in [-0.1, -0.05) is 24.3 Å². The molecule has 1 aliphatic heterocycles. The number of Topliss-reactive ketones (excluding diaryl/α,β-unsaturated/α-hetero) is 1. The molecule has 2 aromatic carbocycles. The SMILES string of the molecule is COC(=O)C1=C(C)NC2=C(C(=O)c3ccccc32)[C@@H]1c1cc(I)c(OCC(=O)O)c(I)c1. The van der Waals surface area contributed by atoms with E-state index >= 15 is 0 Å². The molecule has 2 N–H and O–H groups in total. The van der Waals surface area contributed by atoms with Gasteiger partial charge in [-0.15, -0.1) is 0 Å². The molecule has 0 bridgehead atoms. The molecule has 2 aliphatic rings. The molecule has 0 aromatic heterocycles. The van der Waals surface area contributed by atoms with Crippen molar-refractivity contribution in [1.82, 2.24) is 5.32 Å². The smallest absolute Gasteiger partial charge is 0.341 e. The second-order valence-electron chi connectivity index (χ2n) is 7.25. The quantitative estimate of drug-likeness (QED) is 0.369. The van der Waals surface area contributed by atoms with Gasteiger partial charge in [0.1, 0.15) is 5.75 Å². The lowest BCUT2D eigenvalue weighted by Gasteiger charge is -2.29. The lowest BCUT2D eigenvalue weighted by molar-refractivity contribution is -0.139. The third-order valence-electron chi connectivity index (χ3n) is 5.35. The number of fused-ring (bicyclic) bond motifs is 2. The molecule has 1 heterocycles. The number of hydrogen-bond donors (Lipinski definition) is 2. The van der Waals surface area contributed by atoms with Crippen molar-refractivity contribution in [3.8, 4) is 5.75 Å². The van der Waals surface area contributed by atoms with E-state index in [0.717, 1.165) is 11.1 Å². The van der Waals surface area contributed by atoms with E-state index < -0.39 is 24.5 Å². The number of nitrogens with one attached hydrogen (secondary N) is 1. The van der Waals surface area contributed by atoms with Gasteiger partial charge in [-0.05, 0) is 69.8 Å². The number of hydrogen-bond acceptors (Lipinski definition) is 6. The number of benzene rings is 2. The number of aliphatic carboxylic acids is 1. The van der Waals surface area contributed by atoms with Crippen LogP contribution >= 0.6 is 45.2 Å². The van der Waals surface area contributed by atoms with E-state index in [1.165, 1.54) is 7.11 Å². The predicted molar refractivity (Wildman–Crippen MR) is 133 cm³/mol. The second kappa shape index (κ2) is 8.85. The maximum Gasteiger partial charge on any atom is 0.341 e. The summed E-state index contributed by atoms with van der Waals surface area (Å²) in [6.45, 7) is 1.32. The van der Waals surface area contributed by atoms with Gasteiger partial charge in [0.2, 0.25) is 0 Å². The molecule has 0 saturated heterocycles. The van der Waals surface area contributed by atoms with Crippen LogP contribution in [0.5, 0.6) is 5.75 Å². The Balaban J connectivity index is 1.89. The molecule has 0 saturated carbocycles. The lowest BCUT2D eigenvalue weighted by Crippen LogP contribution is -2.29. The van der Waals surface area contributed by atoms with E-state index in [2.05, 4.69) is 50.5 Å². The van der Waals surface area contributed by atoms with Gasteiger partial charge < -0.3 is 19.9 Å². The molecule has 164 valence electrons. The van der Waals surface area contributed by atoms with Crippen LogP contribution < -0.4 is 10.1 Å². The molecule has 7 nitrogen and oxygen atoms in total. The molecule has 9 heteroatoms. The number of ketones is 1. The Bertz CT molecular complexity index is 1220. The van der Waals surface area contributed by atoms with E-state index in [0.29, 0.717) is 41.0 Å². The minimum atomic E-state index is -1.07. The van der Waals surface area contributed by atoms with Crippen molar-refractivity contribution in [2.75, 3.05) is 13.7 Å². The summed E-state index contributed by atoms with van der Waals surface area (Å²) in [5.41, 5.74) is 4.25. The highest BCUT2D eigenvalue weighted by atomic mass is 127. The zero-order chi connectivity index (χ0) is 23.2. The molecule has 32 heavy (non-hydrogen) atoms. The number of allylic oxidation sites excluding steroid dienone is 2. The third-order valence-corrected chi connectivity index (χ3v) is 6.95. The van der Waals surface area contributed by atoms with Gasteiger partial charge >= 0.3 is 11.9 Å². The average Bonchev–Trinajstić information content (AvgIpc) is 3.03. The van der Waals surface area contributed by atoms with Gasteiger partial charge in [-0.25, -0.2) is 9.59 Å². The summed E-state index contributed by atoms with van der Waals surface area (Å²) < 4.78 is 11.8. The van der Waals surface area contributed by atoms with Crippen LogP contribution in [-0.2, 0) is 14.3 Å². The van der Waals surface area contributed by atoms with Gasteiger partial charge in [0.05, 0.1) is 25.5 Å². The summed E-state index contributed by atoms with van der Waals surface area (Å²) in [4.78, 5) is 37.1. The lowest BCUT2D eigenvalue weighted by atomic mass is 9.80. The number of dihydropyridines is 1. The zero-order valence-electron chi connectivity index (χ0n) is 17.0. The number of ether oxygens (including phenoxy) is 2. The molecule has 2 aromatic rings. The van der Waals surface area contributed by atoms with Crippen LogP contribution in [0.1, 0.15) is 34.3 Å². The monoisotopic (exact) mass is 657 g/mol. The van der Waals surface area contributed by atoms with Crippen LogP contribution in [0.3, 0.4) is 0 Å². The maximum absolute atomic E-state index is 13.4. The normalized spacial score (nSPS) is 17.0. The summed E-state index contributed by atoms with van der Waals surface area (Å²) >= 11 is 4.13. The summed E-state index contributed by atoms with van der Waals surface area (Å²) in [6, 6.07) is 11.0. The Labute approximate surface area is 211 Å². The number of esters is 1. The van der Waals surface area contributed by atoms with Crippen molar-refractivity contribution in [2.45, 2.75) is 12.8 Å². The average molecular weight is 657 g/mol. The van der Waals surface area contributed by atoms with Crippen LogP contribution in [0.15, 0.2) is 53.2 Å². The first-order valence-corrected chi connectivity index (χ1v) is 11.7.